The Hall–Kier alpha value is -0.960. The van der Waals surface area contributed by atoms with E-state index in [0.717, 1.165) is 17.6 Å². The summed E-state index contributed by atoms with van der Waals surface area (Å²) in [7, 11) is 0. The molecule has 0 fully saturated rings. The number of rotatable bonds is 1. The van der Waals surface area contributed by atoms with Gasteiger partial charge in [0.1, 0.15) is 0 Å². The fourth-order valence-corrected chi connectivity index (χ4v) is 2.15. The lowest BCUT2D eigenvalue weighted by Gasteiger charge is -2.16. The first-order valence-electron chi connectivity index (χ1n) is 4.73. The number of pyridine rings is 1. The fourth-order valence-electron chi connectivity index (χ4n) is 1.44. The van der Waals surface area contributed by atoms with Crippen molar-refractivity contribution in [3.05, 3.63) is 23.5 Å². The summed E-state index contributed by atoms with van der Waals surface area (Å²) in [6, 6.07) is 2.15. The largest absolute Gasteiger partial charge is 0.259 e. The van der Waals surface area contributed by atoms with E-state index < -0.39 is 0 Å². The third kappa shape index (κ3) is 2.10. The van der Waals surface area contributed by atoms with Crippen LogP contribution < -0.4 is 0 Å². The van der Waals surface area contributed by atoms with Crippen LogP contribution in [-0.4, -0.2) is 9.97 Å². The first-order valence-corrected chi connectivity index (χ1v) is 5.61. The van der Waals surface area contributed by atoms with Crippen LogP contribution in [0.4, 0.5) is 0 Å². The molecule has 0 bridgehead atoms. The first-order chi connectivity index (χ1) is 6.54. The number of hydrogen-bond acceptors (Lipinski definition) is 3. The maximum atomic E-state index is 4.41. The quantitative estimate of drug-likeness (QED) is 0.715. The van der Waals surface area contributed by atoms with E-state index in [0.29, 0.717) is 5.41 Å². The predicted molar refractivity (Wildman–Crippen MR) is 60.6 cm³/mol. The second-order valence-electron chi connectivity index (χ2n) is 4.73. The summed E-state index contributed by atoms with van der Waals surface area (Å²) < 4.78 is 1.24. The minimum Gasteiger partial charge on any atom is -0.259 e. The van der Waals surface area contributed by atoms with Crippen LogP contribution in [0.15, 0.2) is 17.8 Å². The van der Waals surface area contributed by atoms with E-state index in [-0.39, 0.29) is 0 Å². The van der Waals surface area contributed by atoms with E-state index in [2.05, 4.69) is 36.8 Å². The monoisotopic (exact) mass is 206 g/mol. The van der Waals surface area contributed by atoms with Crippen molar-refractivity contribution in [1.82, 2.24) is 9.97 Å². The Kier molecular flexibility index (Phi) is 2.27. The molecule has 0 saturated carbocycles. The Labute approximate surface area is 88.0 Å². The summed E-state index contributed by atoms with van der Waals surface area (Å²) in [6.07, 6.45) is 2.88. The zero-order valence-corrected chi connectivity index (χ0v) is 9.56. The molecule has 0 radical (unpaired) electrons. The van der Waals surface area contributed by atoms with Crippen molar-refractivity contribution in [2.75, 3.05) is 0 Å². The van der Waals surface area contributed by atoms with E-state index >= 15 is 0 Å². The van der Waals surface area contributed by atoms with Gasteiger partial charge in [0, 0.05) is 5.69 Å². The first kappa shape index (κ1) is 9.59. The Bertz CT molecular complexity index is 440. The van der Waals surface area contributed by atoms with Crippen LogP contribution in [0.2, 0.25) is 0 Å². The minimum absolute atomic E-state index is 0.297. The van der Waals surface area contributed by atoms with Gasteiger partial charge in [0.05, 0.1) is 21.9 Å². The molecule has 0 saturated heterocycles. The average molecular weight is 206 g/mol. The van der Waals surface area contributed by atoms with Crippen molar-refractivity contribution < 1.29 is 0 Å². The highest BCUT2D eigenvalue weighted by Crippen LogP contribution is 2.23. The average Bonchev–Trinajstić information content (AvgIpc) is 2.47. The Morgan fingerprint density at radius 3 is 2.79 bits per heavy atom. The molecule has 2 aromatic heterocycles. The predicted octanol–water partition coefficient (Wildman–Crippen LogP) is 3.28. The van der Waals surface area contributed by atoms with E-state index in [1.54, 1.807) is 11.3 Å². The molecule has 0 aliphatic carbocycles. The molecule has 0 N–H and O–H groups in total. The van der Waals surface area contributed by atoms with Gasteiger partial charge in [-0.3, -0.25) is 4.98 Å². The number of hydrogen-bond donors (Lipinski definition) is 0. The van der Waals surface area contributed by atoms with E-state index in [1.165, 1.54) is 4.70 Å². The van der Waals surface area contributed by atoms with Gasteiger partial charge in [-0.15, -0.1) is 11.3 Å². The maximum absolute atomic E-state index is 4.41. The molecule has 14 heavy (non-hydrogen) atoms. The maximum Gasteiger partial charge on any atom is 0.0995 e. The lowest BCUT2D eigenvalue weighted by Crippen LogP contribution is -2.10. The van der Waals surface area contributed by atoms with Crippen molar-refractivity contribution in [3.63, 3.8) is 0 Å². The van der Waals surface area contributed by atoms with E-state index in [9.17, 15) is 0 Å². The van der Waals surface area contributed by atoms with Crippen LogP contribution in [0, 0.1) is 5.41 Å². The van der Waals surface area contributed by atoms with Crippen LogP contribution in [0.5, 0.6) is 0 Å². The lowest BCUT2D eigenvalue weighted by molar-refractivity contribution is 0.406. The normalized spacial score (nSPS) is 12.2. The van der Waals surface area contributed by atoms with Gasteiger partial charge in [-0.2, -0.15) is 0 Å². The standard InChI is InChI=1S/C11H14N2S/c1-11(2,3)5-8-4-10-9(6-12-8)13-7-14-10/h4,6-7H,5H2,1-3H3. The lowest BCUT2D eigenvalue weighted by atomic mass is 9.90. The summed E-state index contributed by atoms with van der Waals surface area (Å²) in [5, 5.41) is 0. The SMILES string of the molecule is CC(C)(C)Cc1cc2scnc2cn1. The molecule has 0 aliphatic rings. The van der Waals surface area contributed by atoms with Gasteiger partial charge in [0.2, 0.25) is 0 Å². The van der Waals surface area contributed by atoms with Gasteiger partial charge >= 0.3 is 0 Å². The summed E-state index contributed by atoms with van der Waals surface area (Å²) in [5.41, 5.74) is 4.33. The Balaban J connectivity index is 2.35. The van der Waals surface area contributed by atoms with Crippen molar-refractivity contribution in [2.24, 2.45) is 5.41 Å². The zero-order chi connectivity index (χ0) is 10.2. The number of fused-ring (bicyclic) bond motifs is 1. The van der Waals surface area contributed by atoms with Crippen molar-refractivity contribution in [1.29, 1.82) is 0 Å². The van der Waals surface area contributed by atoms with Gasteiger partial charge < -0.3 is 0 Å². The summed E-state index contributed by atoms with van der Waals surface area (Å²) >= 11 is 1.68. The number of aromatic nitrogens is 2. The molecular weight excluding hydrogens is 192 g/mol. The molecule has 2 rings (SSSR count). The number of thiazole rings is 1. The van der Waals surface area contributed by atoms with Gasteiger partial charge in [0.15, 0.2) is 0 Å². The number of nitrogens with zero attached hydrogens (tertiary/aromatic N) is 2. The van der Waals surface area contributed by atoms with Gasteiger partial charge in [0.25, 0.3) is 0 Å². The van der Waals surface area contributed by atoms with Gasteiger partial charge in [-0.05, 0) is 17.9 Å². The Morgan fingerprint density at radius 1 is 1.29 bits per heavy atom. The zero-order valence-electron chi connectivity index (χ0n) is 8.74. The molecule has 0 spiro atoms. The van der Waals surface area contributed by atoms with Gasteiger partial charge in [-0.1, -0.05) is 20.8 Å². The molecule has 2 heterocycles. The molecule has 0 unspecified atom stereocenters. The van der Waals surface area contributed by atoms with Crippen LogP contribution >= 0.6 is 11.3 Å². The fraction of sp³-hybridized carbons (Fsp3) is 0.455. The topological polar surface area (TPSA) is 25.8 Å². The minimum atomic E-state index is 0.297. The molecule has 3 heteroatoms. The third-order valence-electron chi connectivity index (χ3n) is 1.99. The van der Waals surface area contributed by atoms with Crippen molar-refractivity contribution >= 4 is 21.6 Å². The van der Waals surface area contributed by atoms with Crippen molar-refractivity contribution in [3.8, 4) is 0 Å². The third-order valence-corrected chi connectivity index (χ3v) is 2.78. The van der Waals surface area contributed by atoms with Gasteiger partial charge in [-0.25, -0.2) is 4.98 Å². The Morgan fingerprint density at radius 2 is 2.07 bits per heavy atom. The van der Waals surface area contributed by atoms with Crippen molar-refractivity contribution in [2.45, 2.75) is 27.2 Å². The van der Waals surface area contributed by atoms with Crippen LogP contribution in [0.1, 0.15) is 26.5 Å². The van der Waals surface area contributed by atoms with E-state index in [1.807, 2.05) is 11.7 Å². The highest BCUT2D eigenvalue weighted by molar-refractivity contribution is 7.16. The van der Waals surface area contributed by atoms with Crippen LogP contribution in [0.25, 0.3) is 10.2 Å². The molecule has 0 atom stereocenters. The summed E-state index contributed by atoms with van der Waals surface area (Å²) in [6.45, 7) is 6.68. The molecule has 0 aromatic carbocycles. The highest BCUT2D eigenvalue weighted by atomic mass is 32.1. The smallest absolute Gasteiger partial charge is 0.0995 e. The molecule has 2 nitrogen and oxygen atoms in total. The molecule has 74 valence electrons. The van der Waals surface area contributed by atoms with Crippen LogP contribution in [-0.2, 0) is 6.42 Å². The molecule has 0 amide bonds. The molecule has 0 aliphatic heterocycles. The van der Waals surface area contributed by atoms with E-state index in [4.69, 9.17) is 0 Å². The summed E-state index contributed by atoms with van der Waals surface area (Å²) in [5.74, 6) is 0. The van der Waals surface area contributed by atoms with Crippen LogP contribution in [0.3, 0.4) is 0 Å². The second-order valence-corrected chi connectivity index (χ2v) is 5.62. The molecule has 2 aromatic rings. The summed E-state index contributed by atoms with van der Waals surface area (Å²) in [4.78, 5) is 8.62. The molecular formula is C11H14N2S. The second kappa shape index (κ2) is 3.31. The highest BCUT2D eigenvalue weighted by Gasteiger charge is 2.12.